The fraction of sp³-hybridized carbons (Fsp3) is 0.435. The van der Waals surface area contributed by atoms with Crippen LogP contribution in [0.4, 0.5) is 18.9 Å². The fourth-order valence-corrected chi connectivity index (χ4v) is 6.49. The molecule has 1 N–H and O–H groups in total. The Hall–Kier alpha value is -2.59. The molecule has 0 bridgehead atoms. The highest BCUT2D eigenvalue weighted by molar-refractivity contribution is 7.94. The van der Waals surface area contributed by atoms with Gasteiger partial charge < -0.3 is 5.11 Å². The van der Waals surface area contributed by atoms with E-state index in [9.17, 15) is 21.6 Å². The van der Waals surface area contributed by atoms with E-state index >= 15 is 0 Å². The lowest BCUT2D eigenvalue weighted by Crippen LogP contribution is -2.47. The average molecular weight is 485 g/mol. The van der Waals surface area contributed by atoms with Gasteiger partial charge in [-0.1, -0.05) is 49.4 Å². The number of hydrogen-bond acceptors (Lipinski definition) is 4. The number of carbonyl (C=O) groups is 1. The minimum Gasteiger partial charge on any atom is -0.475 e. The molecule has 2 aromatic rings. The van der Waals surface area contributed by atoms with Crippen molar-refractivity contribution in [2.24, 2.45) is 0 Å². The van der Waals surface area contributed by atoms with Crippen molar-refractivity contribution in [2.45, 2.75) is 43.7 Å². The molecule has 0 aromatic heterocycles. The molecule has 4 rings (SSSR count). The van der Waals surface area contributed by atoms with Gasteiger partial charge in [0.05, 0.1) is 5.69 Å². The van der Waals surface area contributed by atoms with E-state index < -0.39 is 26.9 Å². The van der Waals surface area contributed by atoms with Crippen molar-refractivity contribution in [1.29, 1.82) is 0 Å². The Morgan fingerprint density at radius 3 is 2.06 bits per heavy atom. The number of sulfonamides is 1. The highest BCUT2D eigenvalue weighted by Gasteiger charge is 2.55. The molecule has 1 spiro atoms. The van der Waals surface area contributed by atoms with Gasteiger partial charge in [-0.25, -0.2) is 13.2 Å². The Labute approximate surface area is 191 Å². The Morgan fingerprint density at radius 1 is 1.03 bits per heavy atom. The van der Waals surface area contributed by atoms with Crippen LogP contribution < -0.4 is 4.31 Å². The van der Waals surface area contributed by atoms with Crippen molar-refractivity contribution in [3.63, 3.8) is 0 Å². The molecular weight excluding hydrogens is 457 g/mol. The summed E-state index contributed by atoms with van der Waals surface area (Å²) in [4.78, 5) is 11.3. The number of fused-ring (bicyclic) bond motifs is 2. The highest BCUT2D eigenvalue weighted by atomic mass is 32.2. The van der Waals surface area contributed by atoms with E-state index in [0.29, 0.717) is 12.8 Å². The number of carboxylic acid groups (broad SMARTS) is 1. The zero-order chi connectivity index (χ0) is 24.4. The van der Waals surface area contributed by atoms with Gasteiger partial charge in [-0.05, 0) is 42.0 Å². The number of nitrogens with zero attached hydrogens (tertiary/aromatic N) is 2. The van der Waals surface area contributed by atoms with Crippen molar-refractivity contribution in [3.8, 4) is 0 Å². The lowest BCUT2D eigenvalue weighted by atomic mass is 9.87. The first-order valence-corrected chi connectivity index (χ1v) is 12.0. The highest BCUT2D eigenvalue weighted by Crippen LogP contribution is 2.51. The number of likely N-dealkylation sites (tertiary alicyclic amines) is 1. The molecule has 2 aliphatic rings. The zero-order valence-electron chi connectivity index (χ0n) is 18.5. The number of piperidine rings is 1. The van der Waals surface area contributed by atoms with Gasteiger partial charge in [0.25, 0.3) is 0 Å². The largest absolute Gasteiger partial charge is 0.490 e. The topological polar surface area (TPSA) is 77.9 Å². The summed E-state index contributed by atoms with van der Waals surface area (Å²) in [5.41, 5.74) is 4.47. The molecule has 33 heavy (non-hydrogen) atoms. The summed E-state index contributed by atoms with van der Waals surface area (Å²) >= 11 is 0. The van der Waals surface area contributed by atoms with E-state index in [1.165, 1.54) is 15.4 Å². The van der Waals surface area contributed by atoms with Gasteiger partial charge in [-0.2, -0.15) is 13.2 Å². The van der Waals surface area contributed by atoms with Crippen LogP contribution in [0.5, 0.6) is 0 Å². The van der Waals surface area contributed by atoms with Crippen molar-refractivity contribution in [3.05, 3.63) is 65.2 Å². The molecule has 0 amide bonds. The maximum Gasteiger partial charge on any atom is 0.490 e. The molecule has 0 unspecified atom stereocenters. The molecule has 0 radical (unpaired) electrons. The standard InChI is InChI=1S/C21H26N2O2S.C2HF3O2/c1-3-17-8-10-18(11-9-17)16-23-14-12-21(13-15-23)19-6-4-5-7-20(19)22(2)26(21,24)25;3-2(4,5)1(6)7/h4-11H,3,12-16H2,1-2H3;(H,6,7). The number of aryl methyl sites for hydroxylation is 1. The molecule has 0 saturated carbocycles. The molecule has 10 heteroatoms. The fourth-order valence-electron chi connectivity index (χ4n) is 4.40. The van der Waals surface area contributed by atoms with Crippen LogP contribution in [0.15, 0.2) is 48.5 Å². The van der Waals surface area contributed by atoms with E-state index in [-0.39, 0.29) is 0 Å². The van der Waals surface area contributed by atoms with E-state index in [4.69, 9.17) is 9.90 Å². The molecule has 0 atom stereocenters. The molecule has 0 aliphatic carbocycles. The van der Waals surface area contributed by atoms with Crippen molar-refractivity contribution in [1.82, 2.24) is 4.90 Å². The van der Waals surface area contributed by atoms with E-state index in [1.807, 2.05) is 24.3 Å². The number of alkyl halides is 3. The van der Waals surface area contributed by atoms with Gasteiger partial charge in [0, 0.05) is 26.7 Å². The van der Waals surface area contributed by atoms with Crippen LogP contribution in [0.3, 0.4) is 0 Å². The molecule has 6 nitrogen and oxygen atoms in total. The lowest BCUT2D eigenvalue weighted by molar-refractivity contribution is -0.192. The zero-order valence-corrected chi connectivity index (χ0v) is 19.3. The molecule has 2 aliphatic heterocycles. The molecule has 2 heterocycles. The summed E-state index contributed by atoms with van der Waals surface area (Å²) < 4.78 is 58.8. The van der Waals surface area contributed by atoms with Gasteiger partial charge in [0.1, 0.15) is 4.75 Å². The van der Waals surface area contributed by atoms with Crippen molar-refractivity contribution in [2.75, 3.05) is 24.4 Å². The Morgan fingerprint density at radius 2 is 1.55 bits per heavy atom. The first-order valence-electron chi connectivity index (χ1n) is 10.6. The number of carboxylic acids is 1. The third-order valence-corrected chi connectivity index (χ3v) is 8.87. The molecule has 1 saturated heterocycles. The first-order chi connectivity index (χ1) is 15.4. The van der Waals surface area contributed by atoms with Crippen molar-refractivity contribution >= 4 is 21.7 Å². The van der Waals surface area contributed by atoms with Gasteiger partial charge >= 0.3 is 12.1 Å². The summed E-state index contributed by atoms with van der Waals surface area (Å²) in [6, 6.07) is 16.5. The molecular formula is C23H27F3N2O4S. The number of rotatable bonds is 3. The van der Waals surface area contributed by atoms with Gasteiger partial charge in [0.2, 0.25) is 10.0 Å². The first kappa shape index (κ1) is 25.0. The van der Waals surface area contributed by atoms with Crippen LogP contribution in [0.25, 0.3) is 0 Å². The SMILES string of the molecule is CCc1ccc(CN2CCC3(CC2)c2ccccc2N(C)S3(=O)=O)cc1.O=C(O)C(F)(F)F. The Kier molecular flexibility index (Phi) is 7.09. The van der Waals surface area contributed by atoms with Crippen molar-refractivity contribution < 1.29 is 31.5 Å². The minimum absolute atomic E-state index is 0.656. The summed E-state index contributed by atoms with van der Waals surface area (Å²) in [5, 5.41) is 7.12. The van der Waals surface area contributed by atoms with Crippen LogP contribution in [-0.2, 0) is 32.5 Å². The van der Waals surface area contributed by atoms with E-state index in [2.05, 4.69) is 36.1 Å². The predicted molar refractivity (Wildman–Crippen MR) is 119 cm³/mol. The second kappa shape index (κ2) is 9.34. The molecule has 1 fully saturated rings. The quantitative estimate of drug-likeness (QED) is 0.708. The normalized spacial score (nSPS) is 19.0. The maximum absolute atomic E-state index is 13.2. The van der Waals surface area contributed by atoms with Crippen LogP contribution in [0, 0.1) is 0 Å². The number of halogens is 3. The predicted octanol–water partition coefficient (Wildman–Crippen LogP) is 4.15. The average Bonchev–Trinajstić information content (AvgIpc) is 2.94. The minimum atomic E-state index is -5.08. The van der Waals surface area contributed by atoms with Crippen LogP contribution >= 0.6 is 0 Å². The van der Waals surface area contributed by atoms with Gasteiger partial charge in [-0.3, -0.25) is 9.21 Å². The molecule has 2 aromatic carbocycles. The van der Waals surface area contributed by atoms with E-state index in [0.717, 1.165) is 37.3 Å². The van der Waals surface area contributed by atoms with E-state index in [1.54, 1.807) is 7.05 Å². The Balaban J connectivity index is 0.000000383. The maximum atomic E-state index is 13.2. The number of anilines is 1. The number of hydrogen-bond donors (Lipinski definition) is 1. The second-order valence-electron chi connectivity index (χ2n) is 8.23. The third-order valence-electron chi connectivity index (χ3n) is 6.33. The number of para-hydroxylation sites is 1. The molecule has 180 valence electrons. The number of aliphatic carboxylic acids is 1. The summed E-state index contributed by atoms with van der Waals surface area (Å²) in [6.45, 7) is 4.65. The monoisotopic (exact) mass is 484 g/mol. The third kappa shape index (κ3) is 4.86. The summed E-state index contributed by atoms with van der Waals surface area (Å²) in [5.74, 6) is -2.76. The van der Waals surface area contributed by atoms with Crippen LogP contribution in [0.1, 0.15) is 36.5 Å². The number of benzene rings is 2. The van der Waals surface area contributed by atoms with Crippen LogP contribution in [0.2, 0.25) is 0 Å². The lowest BCUT2D eigenvalue weighted by Gasteiger charge is -2.38. The van der Waals surface area contributed by atoms with Gasteiger partial charge in [-0.15, -0.1) is 0 Å². The smallest absolute Gasteiger partial charge is 0.475 e. The summed E-state index contributed by atoms with van der Waals surface area (Å²) in [6.07, 6.45) is -2.72. The second-order valence-corrected chi connectivity index (χ2v) is 10.5. The van der Waals surface area contributed by atoms with Crippen LogP contribution in [-0.4, -0.2) is 50.7 Å². The summed E-state index contributed by atoms with van der Waals surface area (Å²) in [7, 11) is -1.66. The van der Waals surface area contributed by atoms with Gasteiger partial charge in [0.15, 0.2) is 0 Å². The Bertz CT molecular complexity index is 1090.